The highest BCUT2D eigenvalue weighted by Gasteiger charge is 2.21. The second kappa shape index (κ2) is 8.51. The van der Waals surface area contributed by atoms with Crippen molar-refractivity contribution in [3.8, 4) is 0 Å². The summed E-state index contributed by atoms with van der Waals surface area (Å²) in [7, 11) is 1.55. The van der Waals surface area contributed by atoms with Crippen LogP contribution in [0.4, 0.5) is 0 Å². The molecular formula is C14H28N2O3. The third-order valence-corrected chi connectivity index (χ3v) is 3.42. The van der Waals surface area contributed by atoms with E-state index in [0.717, 1.165) is 39.0 Å². The largest absolute Gasteiger partial charge is 0.373 e. The summed E-state index contributed by atoms with van der Waals surface area (Å²) in [6.07, 6.45) is 2.39. The average molecular weight is 272 g/mol. The second-order valence-electron chi connectivity index (χ2n) is 5.39. The van der Waals surface area contributed by atoms with Crippen LogP contribution in [0.25, 0.3) is 0 Å². The molecule has 1 saturated heterocycles. The van der Waals surface area contributed by atoms with E-state index in [4.69, 9.17) is 9.47 Å². The summed E-state index contributed by atoms with van der Waals surface area (Å²) >= 11 is 0. The maximum absolute atomic E-state index is 11.5. The predicted octanol–water partition coefficient (Wildman–Crippen LogP) is 1.03. The maximum atomic E-state index is 11.5. The van der Waals surface area contributed by atoms with Crippen LogP contribution < -0.4 is 5.32 Å². The van der Waals surface area contributed by atoms with Crippen LogP contribution in [0.5, 0.6) is 0 Å². The van der Waals surface area contributed by atoms with Gasteiger partial charge in [0.05, 0.1) is 12.2 Å². The van der Waals surface area contributed by atoms with Crippen LogP contribution in [0.3, 0.4) is 0 Å². The van der Waals surface area contributed by atoms with Gasteiger partial charge in [-0.05, 0) is 40.2 Å². The van der Waals surface area contributed by atoms with Crippen molar-refractivity contribution < 1.29 is 14.3 Å². The summed E-state index contributed by atoms with van der Waals surface area (Å²) in [4.78, 5) is 13.9. The minimum absolute atomic E-state index is 0.0314. The summed E-state index contributed by atoms with van der Waals surface area (Å²) in [6, 6.07) is 0. The molecule has 0 saturated carbocycles. The molecule has 1 fully saturated rings. The number of morpholine rings is 1. The molecule has 1 amide bonds. The summed E-state index contributed by atoms with van der Waals surface area (Å²) in [5.41, 5.74) is 0. The van der Waals surface area contributed by atoms with Gasteiger partial charge in [0.1, 0.15) is 6.10 Å². The lowest BCUT2D eigenvalue weighted by Crippen LogP contribution is -2.45. The number of amides is 1. The fraction of sp³-hybridized carbons (Fsp3) is 0.929. The van der Waals surface area contributed by atoms with Gasteiger partial charge in [0.15, 0.2) is 0 Å². The molecular weight excluding hydrogens is 244 g/mol. The molecule has 19 heavy (non-hydrogen) atoms. The third kappa shape index (κ3) is 6.36. The van der Waals surface area contributed by atoms with E-state index < -0.39 is 0 Å². The van der Waals surface area contributed by atoms with Gasteiger partial charge in [-0.15, -0.1) is 0 Å². The summed E-state index contributed by atoms with van der Waals surface area (Å²) in [5, 5.41) is 2.88. The summed E-state index contributed by atoms with van der Waals surface area (Å²) in [6.45, 7) is 9.82. The SMILES string of the molecule is CO[C@H](C)C(=O)NCCCCN1C[C@H](C)O[C@@H](C)C1. The van der Waals surface area contributed by atoms with E-state index in [1.165, 1.54) is 0 Å². The van der Waals surface area contributed by atoms with Crippen molar-refractivity contribution in [2.75, 3.05) is 33.3 Å². The first-order valence-corrected chi connectivity index (χ1v) is 7.21. The first-order valence-electron chi connectivity index (χ1n) is 7.21. The van der Waals surface area contributed by atoms with Crippen molar-refractivity contribution in [1.82, 2.24) is 10.2 Å². The number of carbonyl (C=O) groups excluding carboxylic acids is 1. The Morgan fingerprint density at radius 1 is 1.37 bits per heavy atom. The highest BCUT2D eigenvalue weighted by Crippen LogP contribution is 2.11. The molecule has 1 aliphatic heterocycles. The molecule has 0 unspecified atom stereocenters. The van der Waals surface area contributed by atoms with E-state index in [9.17, 15) is 4.79 Å². The van der Waals surface area contributed by atoms with Crippen LogP contribution in [-0.2, 0) is 14.3 Å². The molecule has 5 heteroatoms. The van der Waals surface area contributed by atoms with Crippen molar-refractivity contribution in [3.63, 3.8) is 0 Å². The van der Waals surface area contributed by atoms with Crippen LogP contribution in [-0.4, -0.2) is 62.4 Å². The monoisotopic (exact) mass is 272 g/mol. The Morgan fingerprint density at radius 2 is 2.00 bits per heavy atom. The maximum Gasteiger partial charge on any atom is 0.248 e. The Kier molecular flexibility index (Phi) is 7.34. The van der Waals surface area contributed by atoms with Gasteiger partial charge in [-0.3, -0.25) is 9.69 Å². The normalized spacial score (nSPS) is 26.1. The van der Waals surface area contributed by atoms with E-state index >= 15 is 0 Å². The fourth-order valence-corrected chi connectivity index (χ4v) is 2.39. The fourth-order valence-electron chi connectivity index (χ4n) is 2.39. The average Bonchev–Trinajstić information content (AvgIpc) is 2.36. The molecule has 0 radical (unpaired) electrons. The van der Waals surface area contributed by atoms with Gasteiger partial charge in [-0.2, -0.15) is 0 Å². The number of hydrogen-bond acceptors (Lipinski definition) is 4. The molecule has 0 aliphatic carbocycles. The number of hydrogen-bond donors (Lipinski definition) is 1. The molecule has 3 atom stereocenters. The van der Waals surface area contributed by atoms with Gasteiger partial charge in [0, 0.05) is 26.7 Å². The zero-order chi connectivity index (χ0) is 14.3. The van der Waals surface area contributed by atoms with Gasteiger partial charge in [-0.25, -0.2) is 0 Å². The van der Waals surface area contributed by atoms with Crippen LogP contribution in [0, 0.1) is 0 Å². The second-order valence-corrected chi connectivity index (χ2v) is 5.39. The number of rotatable bonds is 7. The Bertz CT molecular complexity index is 263. The minimum Gasteiger partial charge on any atom is -0.373 e. The minimum atomic E-state index is -0.360. The molecule has 112 valence electrons. The molecule has 1 rings (SSSR count). The smallest absolute Gasteiger partial charge is 0.248 e. The van der Waals surface area contributed by atoms with E-state index in [0.29, 0.717) is 12.2 Å². The van der Waals surface area contributed by atoms with Gasteiger partial charge in [0.25, 0.3) is 0 Å². The lowest BCUT2D eigenvalue weighted by atomic mass is 10.2. The van der Waals surface area contributed by atoms with Gasteiger partial charge in [0.2, 0.25) is 5.91 Å². The number of ether oxygens (including phenoxy) is 2. The highest BCUT2D eigenvalue weighted by atomic mass is 16.5. The van der Waals surface area contributed by atoms with E-state index in [1.807, 2.05) is 0 Å². The molecule has 0 spiro atoms. The van der Waals surface area contributed by atoms with Crippen molar-refractivity contribution in [3.05, 3.63) is 0 Å². The van der Waals surface area contributed by atoms with Crippen molar-refractivity contribution in [1.29, 1.82) is 0 Å². The quantitative estimate of drug-likeness (QED) is 0.703. The molecule has 1 heterocycles. The van der Waals surface area contributed by atoms with Crippen LogP contribution in [0.2, 0.25) is 0 Å². The van der Waals surface area contributed by atoms with Crippen LogP contribution >= 0.6 is 0 Å². The molecule has 0 aromatic rings. The third-order valence-electron chi connectivity index (χ3n) is 3.42. The van der Waals surface area contributed by atoms with Crippen molar-refractivity contribution in [2.24, 2.45) is 0 Å². The van der Waals surface area contributed by atoms with E-state index in [1.54, 1.807) is 14.0 Å². The molecule has 0 aromatic carbocycles. The number of nitrogens with zero attached hydrogens (tertiary/aromatic N) is 1. The lowest BCUT2D eigenvalue weighted by molar-refractivity contribution is -0.130. The number of methoxy groups -OCH3 is 1. The Labute approximate surface area is 116 Å². The van der Waals surface area contributed by atoms with E-state index in [2.05, 4.69) is 24.1 Å². The standard InChI is InChI=1S/C14H28N2O3/c1-11-9-16(10-12(2)19-11)8-6-5-7-15-14(17)13(3)18-4/h11-13H,5-10H2,1-4H3,(H,15,17)/t11-,12-,13+/m0/s1. The van der Waals surface area contributed by atoms with Gasteiger partial charge in [-0.1, -0.05) is 0 Å². The Balaban J connectivity index is 2.06. The zero-order valence-electron chi connectivity index (χ0n) is 12.6. The zero-order valence-corrected chi connectivity index (χ0v) is 12.6. The first kappa shape index (κ1) is 16.4. The van der Waals surface area contributed by atoms with Gasteiger partial charge >= 0.3 is 0 Å². The van der Waals surface area contributed by atoms with Crippen LogP contribution in [0.15, 0.2) is 0 Å². The molecule has 0 aromatic heterocycles. The molecule has 0 bridgehead atoms. The van der Waals surface area contributed by atoms with E-state index in [-0.39, 0.29) is 12.0 Å². The molecule has 1 N–H and O–H groups in total. The predicted molar refractivity (Wildman–Crippen MR) is 75.2 cm³/mol. The molecule has 1 aliphatic rings. The Hall–Kier alpha value is -0.650. The topological polar surface area (TPSA) is 50.8 Å². The highest BCUT2D eigenvalue weighted by molar-refractivity contribution is 5.80. The number of unbranched alkanes of at least 4 members (excludes halogenated alkanes) is 1. The van der Waals surface area contributed by atoms with Crippen molar-refractivity contribution in [2.45, 2.75) is 51.9 Å². The summed E-state index contributed by atoms with van der Waals surface area (Å²) < 4.78 is 10.7. The van der Waals surface area contributed by atoms with Crippen molar-refractivity contribution >= 4 is 5.91 Å². The lowest BCUT2D eigenvalue weighted by Gasteiger charge is -2.35. The number of nitrogens with one attached hydrogen (secondary N) is 1. The summed E-state index contributed by atoms with van der Waals surface area (Å²) in [5.74, 6) is -0.0314. The Morgan fingerprint density at radius 3 is 2.58 bits per heavy atom. The van der Waals surface area contributed by atoms with Crippen LogP contribution in [0.1, 0.15) is 33.6 Å². The molecule has 5 nitrogen and oxygen atoms in total. The first-order chi connectivity index (χ1) is 9.02. The van der Waals surface area contributed by atoms with Gasteiger partial charge < -0.3 is 14.8 Å². The number of carbonyl (C=O) groups is 1.